The molecule has 0 aliphatic carbocycles. The van der Waals surface area contributed by atoms with E-state index < -0.39 is 29.3 Å². The maximum absolute atomic E-state index is 12.3. The fraction of sp³-hybridized carbons (Fsp3) is 0.125. The van der Waals surface area contributed by atoms with Crippen LogP contribution in [0, 0.1) is 0 Å². The van der Waals surface area contributed by atoms with E-state index in [9.17, 15) is 18.7 Å². The topological polar surface area (TPSA) is 57.5 Å². The molecule has 3 nitrogen and oxygen atoms in total. The summed E-state index contributed by atoms with van der Waals surface area (Å²) < 4.78 is 24.7. The number of halogens is 3. The molecule has 0 aliphatic heterocycles. The average molecular weight is 267 g/mol. The number of hydrogen-bond donors (Lipinski definition) is 2. The van der Waals surface area contributed by atoms with Crippen molar-refractivity contribution in [3.63, 3.8) is 0 Å². The summed E-state index contributed by atoms with van der Waals surface area (Å²) >= 11 is 2.84. The first-order valence-electron chi connectivity index (χ1n) is 3.48. The van der Waals surface area contributed by atoms with E-state index in [2.05, 4.69) is 15.9 Å². The number of carboxylic acids is 1. The van der Waals surface area contributed by atoms with Gasteiger partial charge in [-0.05, 0) is 22.0 Å². The number of aromatic hydroxyl groups is 1. The molecule has 0 aromatic heterocycles. The summed E-state index contributed by atoms with van der Waals surface area (Å²) in [4.78, 5) is 10.6. The molecule has 0 heterocycles. The number of carboxylic acid groups (broad SMARTS) is 1. The van der Waals surface area contributed by atoms with E-state index in [0.29, 0.717) is 0 Å². The van der Waals surface area contributed by atoms with Gasteiger partial charge in [-0.1, -0.05) is 6.07 Å². The molecule has 0 radical (unpaired) electrons. The molecule has 1 aromatic rings. The molecule has 6 heteroatoms. The molecular weight excluding hydrogens is 262 g/mol. The maximum atomic E-state index is 12.3. The molecule has 0 atom stereocenters. The Morgan fingerprint density at radius 2 is 2.00 bits per heavy atom. The summed E-state index contributed by atoms with van der Waals surface area (Å²) in [6, 6.07) is 2.13. The monoisotopic (exact) mass is 266 g/mol. The number of alkyl halides is 2. The van der Waals surface area contributed by atoms with Gasteiger partial charge in [0.2, 0.25) is 0 Å². The van der Waals surface area contributed by atoms with Gasteiger partial charge in [0.25, 0.3) is 6.43 Å². The highest BCUT2D eigenvalue weighted by Gasteiger charge is 2.23. The number of benzene rings is 1. The lowest BCUT2D eigenvalue weighted by Gasteiger charge is -2.07. The number of aromatic carboxylic acids is 1. The number of carbonyl (C=O) groups is 1. The third-order valence-corrected chi connectivity index (χ3v) is 2.25. The third kappa shape index (κ3) is 1.84. The summed E-state index contributed by atoms with van der Waals surface area (Å²) in [6.45, 7) is 0. The lowest BCUT2D eigenvalue weighted by atomic mass is 10.1. The Bertz CT molecular complexity index is 379. The first kappa shape index (κ1) is 10.9. The molecule has 14 heavy (non-hydrogen) atoms. The molecule has 0 aliphatic rings. The van der Waals surface area contributed by atoms with Crippen LogP contribution in [0.4, 0.5) is 8.78 Å². The third-order valence-electron chi connectivity index (χ3n) is 1.61. The van der Waals surface area contributed by atoms with Gasteiger partial charge in [0, 0.05) is 5.56 Å². The molecule has 0 unspecified atom stereocenters. The Morgan fingerprint density at radius 3 is 2.43 bits per heavy atom. The van der Waals surface area contributed by atoms with E-state index in [0.717, 1.165) is 6.07 Å². The quantitative estimate of drug-likeness (QED) is 0.866. The molecule has 0 saturated carbocycles. The maximum Gasteiger partial charge on any atom is 0.340 e. The first-order chi connectivity index (χ1) is 6.45. The molecule has 0 bridgehead atoms. The average Bonchev–Trinajstić information content (AvgIpc) is 2.08. The summed E-state index contributed by atoms with van der Waals surface area (Å²) in [5, 5.41) is 17.8. The summed E-state index contributed by atoms with van der Waals surface area (Å²) in [7, 11) is 0. The Hall–Kier alpha value is -1.17. The number of hydrogen-bond acceptors (Lipinski definition) is 2. The Morgan fingerprint density at radius 1 is 1.43 bits per heavy atom. The van der Waals surface area contributed by atoms with Crippen molar-refractivity contribution >= 4 is 21.9 Å². The zero-order valence-corrected chi connectivity index (χ0v) is 8.25. The van der Waals surface area contributed by atoms with Gasteiger partial charge in [0.1, 0.15) is 11.3 Å². The van der Waals surface area contributed by atoms with Gasteiger partial charge >= 0.3 is 5.97 Å². The highest BCUT2D eigenvalue weighted by Crippen LogP contribution is 2.34. The van der Waals surface area contributed by atoms with Crippen molar-refractivity contribution in [2.24, 2.45) is 0 Å². The van der Waals surface area contributed by atoms with E-state index in [1.807, 2.05) is 0 Å². The lowest BCUT2D eigenvalue weighted by Crippen LogP contribution is -2.03. The molecule has 76 valence electrons. The minimum atomic E-state index is -2.93. The van der Waals surface area contributed by atoms with Crippen LogP contribution in [0.1, 0.15) is 22.3 Å². The summed E-state index contributed by atoms with van der Waals surface area (Å²) in [6.07, 6.45) is -2.93. The van der Waals surface area contributed by atoms with E-state index in [1.165, 1.54) is 6.07 Å². The molecular formula is C8H5BrF2O3. The van der Waals surface area contributed by atoms with Crippen molar-refractivity contribution in [3.05, 3.63) is 27.7 Å². The lowest BCUT2D eigenvalue weighted by molar-refractivity contribution is 0.0680. The molecule has 0 amide bonds. The molecule has 1 aromatic carbocycles. The van der Waals surface area contributed by atoms with Crippen LogP contribution in [0.2, 0.25) is 0 Å². The van der Waals surface area contributed by atoms with Crippen LogP contribution in [0.3, 0.4) is 0 Å². The van der Waals surface area contributed by atoms with E-state index >= 15 is 0 Å². The minimum Gasteiger partial charge on any atom is -0.506 e. The molecule has 1 rings (SSSR count). The predicted octanol–water partition coefficient (Wildman–Crippen LogP) is 2.79. The van der Waals surface area contributed by atoms with Gasteiger partial charge in [0.05, 0.1) is 4.47 Å². The van der Waals surface area contributed by atoms with Gasteiger partial charge in [-0.15, -0.1) is 0 Å². The molecule has 0 spiro atoms. The van der Waals surface area contributed by atoms with Crippen LogP contribution in [-0.4, -0.2) is 16.2 Å². The SMILES string of the molecule is O=C(O)c1c(C(F)F)ccc(Br)c1O. The smallest absolute Gasteiger partial charge is 0.340 e. The molecule has 0 fully saturated rings. The fourth-order valence-corrected chi connectivity index (χ4v) is 1.32. The van der Waals surface area contributed by atoms with Crippen molar-refractivity contribution in [2.75, 3.05) is 0 Å². The van der Waals surface area contributed by atoms with Crippen LogP contribution in [0.25, 0.3) is 0 Å². The highest BCUT2D eigenvalue weighted by molar-refractivity contribution is 9.10. The van der Waals surface area contributed by atoms with Crippen LogP contribution in [0.5, 0.6) is 5.75 Å². The van der Waals surface area contributed by atoms with Crippen molar-refractivity contribution < 1.29 is 23.8 Å². The van der Waals surface area contributed by atoms with E-state index in [-0.39, 0.29) is 4.47 Å². The van der Waals surface area contributed by atoms with Crippen molar-refractivity contribution in [3.8, 4) is 5.75 Å². The van der Waals surface area contributed by atoms with E-state index in [4.69, 9.17) is 5.11 Å². The summed E-state index contributed by atoms with van der Waals surface area (Å²) in [5.41, 5.74) is -1.47. The normalized spacial score (nSPS) is 10.6. The van der Waals surface area contributed by atoms with Crippen LogP contribution in [0.15, 0.2) is 16.6 Å². The minimum absolute atomic E-state index is 0.0688. The summed E-state index contributed by atoms with van der Waals surface area (Å²) in [5.74, 6) is -2.27. The molecule has 0 saturated heterocycles. The largest absolute Gasteiger partial charge is 0.506 e. The van der Waals surface area contributed by atoms with Crippen LogP contribution < -0.4 is 0 Å². The van der Waals surface area contributed by atoms with Gasteiger partial charge in [-0.2, -0.15) is 0 Å². The second-order valence-corrected chi connectivity index (χ2v) is 3.32. The van der Waals surface area contributed by atoms with E-state index in [1.54, 1.807) is 0 Å². The number of phenols is 1. The first-order valence-corrected chi connectivity index (χ1v) is 4.27. The standard InChI is InChI=1S/C8H5BrF2O3/c9-4-2-1-3(7(10)11)5(6(4)12)8(13)14/h1-2,7,12H,(H,13,14). The van der Waals surface area contributed by atoms with Crippen molar-refractivity contribution in [1.82, 2.24) is 0 Å². The second-order valence-electron chi connectivity index (χ2n) is 2.47. The fourth-order valence-electron chi connectivity index (χ4n) is 0.988. The van der Waals surface area contributed by atoms with Gasteiger partial charge in [-0.25, -0.2) is 13.6 Å². The zero-order valence-electron chi connectivity index (χ0n) is 6.67. The predicted molar refractivity (Wildman–Crippen MR) is 47.7 cm³/mol. The van der Waals surface area contributed by atoms with Crippen molar-refractivity contribution in [2.45, 2.75) is 6.43 Å². The van der Waals surface area contributed by atoms with Gasteiger partial charge < -0.3 is 10.2 Å². The Labute approximate surface area is 86.1 Å². The van der Waals surface area contributed by atoms with Crippen LogP contribution in [-0.2, 0) is 0 Å². The second kappa shape index (κ2) is 3.91. The van der Waals surface area contributed by atoms with Gasteiger partial charge in [-0.3, -0.25) is 0 Å². The number of rotatable bonds is 2. The Kier molecular flexibility index (Phi) is 3.05. The zero-order chi connectivity index (χ0) is 10.9. The van der Waals surface area contributed by atoms with Crippen LogP contribution >= 0.6 is 15.9 Å². The van der Waals surface area contributed by atoms with Crippen molar-refractivity contribution in [1.29, 1.82) is 0 Å². The Balaban J connectivity index is 3.45. The highest BCUT2D eigenvalue weighted by atomic mass is 79.9. The molecule has 2 N–H and O–H groups in total. The van der Waals surface area contributed by atoms with Gasteiger partial charge in [0.15, 0.2) is 0 Å².